The lowest BCUT2D eigenvalue weighted by Gasteiger charge is -2.09. The van der Waals surface area contributed by atoms with Crippen LogP contribution in [0.5, 0.6) is 0 Å². The second-order valence-corrected chi connectivity index (χ2v) is 3.77. The molecule has 0 saturated heterocycles. The standard InChI is InChI=1S/C11H11F3N4/c1-8-3-5-18(17-8)9-2-4-15-10(6-9)16-7-11(12,13)14/h2-6H,7H2,1H3,(H,15,16). The third-order valence-corrected chi connectivity index (χ3v) is 2.20. The van der Waals surface area contributed by atoms with Crippen molar-refractivity contribution < 1.29 is 13.2 Å². The maximum Gasteiger partial charge on any atom is 0.405 e. The van der Waals surface area contributed by atoms with E-state index >= 15 is 0 Å². The molecule has 0 bridgehead atoms. The van der Waals surface area contributed by atoms with Crippen molar-refractivity contribution in [3.8, 4) is 5.69 Å². The van der Waals surface area contributed by atoms with E-state index < -0.39 is 12.7 Å². The largest absolute Gasteiger partial charge is 0.405 e. The third-order valence-electron chi connectivity index (χ3n) is 2.20. The van der Waals surface area contributed by atoms with Crippen LogP contribution in [0.2, 0.25) is 0 Å². The van der Waals surface area contributed by atoms with E-state index in [2.05, 4.69) is 15.4 Å². The Kier molecular flexibility index (Phi) is 3.22. The number of nitrogens with zero attached hydrogens (tertiary/aromatic N) is 3. The van der Waals surface area contributed by atoms with Crippen LogP contribution in [0.25, 0.3) is 5.69 Å². The summed E-state index contributed by atoms with van der Waals surface area (Å²) in [6.45, 7) is 0.724. The second kappa shape index (κ2) is 4.67. The molecule has 2 rings (SSSR count). The van der Waals surface area contributed by atoms with Gasteiger partial charge in [0.05, 0.1) is 11.4 Å². The zero-order valence-electron chi connectivity index (χ0n) is 9.57. The number of halogens is 3. The molecule has 4 nitrogen and oxygen atoms in total. The van der Waals surface area contributed by atoms with Gasteiger partial charge in [-0.25, -0.2) is 9.67 Å². The molecule has 1 N–H and O–H groups in total. The normalized spacial score (nSPS) is 11.6. The Morgan fingerprint density at radius 3 is 2.72 bits per heavy atom. The lowest BCUT2D eigenvalue weighted by Crippen LogP contribution is -2.21. The fourth-order valence-corrected chi connectivity index (χ4v) is 1.41. The highest BCUT2D eigenvalue weighted by molar-refractivity contribution is 5.44. The lowest BCUT2D eigenvalue weighted by molar-refractivity contribution is -0.115. The van der Waals surface area contributed by atoms with Crippen LogP contribution in [0.3, 0.4) is 0 Å². The van der Waals surface area contributed by atoms with Gasteiger partial charge in [0.15, 0.2) is 0 Å². The summed E-state index contributed by atoms with van der Waals surface area (Å²) in [5, 5.41) is 6.39. The Balaban J connectivity index is 2.15. The van der Waals surface area contributed by atoms with Crippen LogP contribution in [0, 0.1) is 6.92 Å². The van der Waals surface area contributed by atoms with Gasteiger partial charge in [-0.15, -0.1) is 0 Å². The summed E-state index contributed by atoms with van der Waals surface area (Å²) >= 11 is 0. The number of nitrogens with one attached hydrogen (secondary N) is 1. The van der Waals surface area contributed by atoms with Crippen LogP contribution in [0.15, 0.2) is 30.6 Å². The van der Waals surface area contributed by atoms with E-state index in [0.29, 0.717) is 5.69 Å². The molecule has 0 unspecified atom stereocenters. The number of pyridine rings is 1. The molecule has 96 valence electrons. The van der Waals surface area contributed by atoms with E-state index in [9.17, 15) is 13.2 Å². The molecule has 0 fully saturated rings. The summed E-state index contributed by atoms with van der Waals surface area (Å²) in [7, 11) is 0. The number of rotatable bonds is 3. The fourth-order valence-electron chi connectivity index (χ4n) is 1.41. The summed E-state index contributed by atoms with van der Waals surface area (Å²) in [4.78, 5) is 3.82. The monoisotopic (exact) mass is 256 g/mol. The first-order valence-electron chi connectivity index (χ1n) is 5.23. The molecular weight excluding hydrogens is 245 g/mol. The Hall–Kier alpha value is -2.05. The van der Waals surface area contributed by atoms with Crippen LogP contribution in [-0.2, 0) is 0 Å². The van der Waals surface area contributed by atoms with Crippen molar-refractivity contribution in [1.82, 2.24) is 14.8 Å². The molecule has 2 aromatic rings. The van der Waals surface area contributed by atoms with E-state index in [-0.39, 0.29) is 5.82 Å². The zero-order valence-corrected chi connectivity index (χ0v) is 9.57. The number of alkyl halides is 3. The van der Waals surface area contributed by atoms with E-state index in [1.807, 2.05) is 13.0 Å². The third kappa shape index (κ3) is 3.22. The minimum absolute atomic E-state index is 0.165. The Labute approximate surface area is 101 Å². The van der Waals surface area contributed by atoms with Crippen molar-refractivity contribution in [2.45, 2.75) is 13.1 Å². The maximum absolute atomic E-state index is 12.1. The van der Waals surface area contributed by atoms with Gasteiger partial charge < -0.3 is 5.32 Å². The van der Waals surface area contributed by atoms with Gasteiger partial charge in [-0.1, -0.05) is 0 Å². The van der Waals surface area contributed by atoms with Crippen LogP contribution < -0.4 is 5.32 Å². The topological polar surface area (TPSA) is 42.7 Å². The van der Waals surface area contributed by atoms with Crippen LogP contribution in [0.4, 0.5) is 19.0 Å². The average Bonchev–Trinajstić information content (AvgIpc) is 2.73. The number of hydrogen-bond acceptors (Lipinski definition) is 3. The zero-order chi connectivity index (χ0) is 13.2. The second-order valence-electron chi connectivity index (χ2n) is 3.77. The number of anilines is 1. The Bertz CT molecular complexity index is 533. The van der Waals surface area contributed by atoms with Crippen molar-refractivity contribution in [2.24, 2.45) is 0 Å². The number of aryl methyl sites for hydroxylation is 1. The van der Waals surface area contributed by atoms with Gasteiger partial charge in [0.25, 0.3) is 0 Å². The summed E-state index contributed by atoms with van der Waals surface area (Å²) in [6, 6.07) is 4.99. The molecule has 0 aliphatic heterocycles. The van der Waals surface area contributed by atoms with Gasteiger partial charge in [0.1, 0.15) is 12.4 Å². The van der Waals surface area contributed by atoms with Crippen molar-refractivity contribution in [3.05, 3.63) is 36.3 Å². The van der Waals surface area contributed by atoms with E-state index in [0.717, 1.165) is 5.69 Å². The van der Waals surface area contributed by atoms with Crippen LogP contribution in [0.1, 0.15) is 5.69 Å². The lowest BCUT2D eigenvalue weighted by atomic mass is 10.4. The molecule has 18 heavy (non-hydrogen) atoms. The van der Waals surface area contributed by atoms with Crippen molar-refractivity contribution in [1.29, 1.82) is 0 Å². The molecule has 0 atom stereocenters. The minimum Gasteiger partial charge on any atom is -0.361 e. The summed E-state index contributed by atoms with van der Waals surface area (Å²) < 4.78 is 37.8. The minimum atomic E-state index is -4.26. The van der Waals surface area contributed by atoms with Gasteiger partial charge in [-0.2, -0.15) is 18.3 Å². The highest BCUT2D eigenvalue weighted by atomic mass is 19.4. The molecular formula is C11H11F3N4. The molecule has 0 saturated carbocycles. The molecule has 0 aliphatic carbocycles. The Morgan fingerprint density at radius 2 is 2.11 bits per heavy atom. The van der Waals surface area contributed by atoms with Gasteiger partial charge in [-0.3, -0.25) is 0 Å². The summed E-state index contributed by atoms with van der Waals surface area (Å²) in [6.07, 6.45) is -1.09. The fraction of sp³-hybridized carbons (Fsp3) is 0.273. The van der Waals surface area contributed by atoms with Gasteiger partial charge >= 0.3 is 6.18 Å². The first-order chi connectivity index (χ1) is 8.44. The van der Waals surface area contributed by atoms with E-state index in [1.54, 1.807) is 16.9 Å². The van der Waals surface area contributed by atoms with Crippen molar-refractivity contribution >= 4 is 5.82 Å². The molecule has 7 heteroatoms. The smallest absolute Gasteiger partial charge is 0.361 e. The quantitative estimate of drug-likeness (QED) is 0.917. The van der Waals surface area contributed by atoms with Gasteiger partial charge in [-0.05, 0) is 19.1 Å². The molecule has 0 radical (unpaired) electrons. The first-order valence-corrected chi connectivity index (χ1v) is 5.23. The first kappa shape index (κ1) is 12.4. The maximum atomic E-state index is 12.1. The molecule has 2 heterocycles. The molecule has 0 amide bonds. The van der Waals surface area contributed by atoms with E-state index in [4.69, 9.17) is 0 Å². The molecule has 2 aromatic heterocycles. The summed E-state index contributed by atoms with van der Waals surface area (Å²) in [5.74, 6) is 0.165. The molecule has 0 aromatic carbocycles. The number of aromatic nitrogens is 3. The highest BCUT2D eigenvalue weighted by Crippen LogP contribution is 2.17. The average molecular weight is 256 g/mol. The van der Waals surface area contributed by atoms with E-state index in [1.165, 1.54) is 12.3 Å². The summed E-state index contributed by atoms with van der Waals surface area (Å²) in [5.41, 5.74) is 1.49. The Morgan fingerprint density at radius 1 is 1.33 bits per heavy atom. The predicted octanol–water partition coefficient (Wildman–Crippen LogP) is 2.55. The van der Waals surface area contributed by atoms with Gasteiger partial charge in [0, 0.05) is 18.5 Å². The highest BCUT2D eigenvalue weighted by Gasteiger charge is 2.26. The van der Waals surface area contributed by atoms with Crippen molar-refractivity contribution in [2.75, 3.05) is 11.9 Å². The van der Waals surface area contributed by atoms with Gasteiger partial charge in [0.2, 0.25) is 0 Å². The number of hydrogen-bond donors (Lipinski definition) is 1. The van der Waals surface area contributed by atoms with Crippen molar-refractivity contribution in [3.63, 3.8) is 0 Å². The van der Waals surface area contributed by atoms with Crippen LogP contribution in [-0.4, -0.2) is 27.5 Å². The molecule has 0 aliphatic rings. The van der Waals surface area contributed by atoms with Crippen LogP contribution >= 0.6 is 0 Å². The SMILES string of the molecule is Cc1ccn(-c2ccnc(NCC(F)(F)F)c2)n1. The predicted molar refractivity (Wildman–Crippen MR) is 60.6 cm³/mol. The molecule has 0 spiro atoms.